The molecule has 0 amide bonds. The maximum atomic E-state index is 5.32. The van der Waals surface area contributed by atoms with Gasteiger partial charge in [0.15, 0.2) is 11.6 Å². The van der Waals surface area contributed by atoms with Crippen molar-refractivity contribution >= 4 is 23.0 Å². The van der Waals surface area contributed by atoms with Gasteiger partial charge < -0.3 is 9.80 Å². The summed E-state index contributed by atoms with van der Waals surface area (Å²) in [7, 11) is 0. The smallest absolute Gasteiger partial charge is 0.178 e. The van der Waals surface area contributed by atoms with Crippen molar-refractivity contribution in [2.45, 2.75) is 85.2 Å². The number of para-hydroxylation sites is 2. The van der Waals surface area contributed by atoms with Crippen LogP contribution in [0.15, 0.2) is 54.6 Å². The second-order valence-corrected chi connectivity index (χ2v) is 10.00. The quantitative estimate of drug-likeness (QED) is 0.382. The van der Waals surface area contributed by atoms with Gasteiger partial charge in [0, 0.05) is 22.2 Å². The highest BCUT2D eigenvalue weighted by Crippen LogP contribution is 2.64. The van der Waals surface area contributed by atoms with Gasteiger partial charge in [0.2, 0.25) is 0 Å². The van der Waals surface area contributed by atoms with Crippen LogP contribution in [0.5, 0.6) is 0 Å². The van der Waals surface area contributed by atoms with Crippen molar-refractivity contribution in [2.75, 3.05) is 9.80 Å². The highest BCUT2D eigenvalue weighted by Gasteiger charge is 2.62. The lowest BCUT2D eigenvalue weighted by atomic mass is 9.53. The lowest BCUT2D eigenvalue weighted by molar-refractivity contribution is 0.0772. The van der Waals surface area contributed by atoms with Crippen molar-refractivity contribution in [3.05, 3.63) is 71.5 Å². The van der Waals surface area contributed by atoms with Crippen LogP contribution in [0.3, 0.4) is 0 Å². The second kappa shape index (κ2) is 8.41. The molecule has 5 rings (SSSR count). The van der Waals surface area contributed by atoms with Gasteiger partial charge in [-0.05, 0) is 55.9 Å². The Labute approximate surface area is 205 Å². The van der Waals surface area contributed by atoms with Crippen molar-refractivity contribution in [3.8, 4) is 0 Å². The topological polar surface area (TPSA) is 32.3 Å². The fraction of sp³-hybridized carbons (Fsp3) is 0.467. The molecular weight excluding hydrogens is 416 g/mol. The van der Waals surface area contributed by atoms with Gasteiger partial charge in [-0.1, -0.05) is 77.9 Å². The molecular formula is C30H38N4. The highest BCUT2D eigenvalue weighted by molar-refractivity contribution is 5.87. The number of aryl methyl sites for hydroxylation is 2. The molecule has 34 heavy (non-hydrogen) atoms. The number of hydrogen-bond acceptors (Lipinski definition) is 4. The standard InChI is InChI=1S/C30H38N4/c1-7-23-24(8-2)32-27-26(31-23)33(21-17-13-12-14-18-21)28-29(6,9-3)30(10-4,11-5)22-19-15-16-20-25(22)34(27)28/h12-20,28H,7-11H2,1-6H3. The first-order chi connectivity index (χ1) is 16.5. The van der Waals surface area contributed by atoms with E-state index in [9.17, 15) is 0 Å². The van der Waals surface area contributed by atoms with Crippen molar-refractivity contribution < 1.29 is 0 Å². The zero-order valence-corrected chi connectivity index (χ0v) is 21.6. The summed E-state index contributed by atoms with van der Waals surface area (Å²) in [5.74, 6) is 2.01. The summed E-state index contributed by atoms with van der Waals surface area (Å²) < 4.78 is 0. The molecule has 4 nitrogen and oxygen atoms in total. The molecule has 3 heterocycles. The van der Waals surface area contributed by atoms with Crippen LogP contribution in [-0.4, -0.2) is 16.1 Å². The van der Waals surface area contributed by atoms with Gasteiger partial charge in [-0.15, -0.1) is 0 Å². The number of fused-ring (bicyclic) bond motifs is 5. The fourth-order valence-corrected chi connectivity index (χ4v) is 6.99. The predicted octanol–water partition coefficient (Wildman–Crippen LogP) is 7.71. The lowest BCUT2D eigenvalue weighted by Crippen LogP contribution is -2.62. The van der Waals surface area contributed by atoms with E-state index >= 15 is 0 Å². The van der Waals surface area contributed by atoms with Crippen molar-refractivity contribution in [3.63, 3.8) is 0 Å². The van der Waals surface area contributed by atoms with Crippen LogP contribution >= 0.6 is 0 Å². The minimum atomic E-state index is -0.0121. The normalized spacial score (nSPS) is 22.4. The summed E-state index contributed by atoms with van der Waals surface area (Å²) in [6.07, 6.45) is 5.19. The molecule has 0 fully saturated rings. The molecule has 0 saturated heterocycles. The maximum absolute atomic E-state index is 5.32. The maximum Gasteiger partial charge on any atom is 0.178 e. The van der Waals surface area contributed by atoms with E-state index in [1.54, 1.807) is 0 Å². The molecule has 0 spiro atoms. The number of rotatable bonds is 6. The molecule has 0 N–H and O–H groups in total. The summed E-state index contributed by atoms with van der Waals surface area (Å²) in [5.41, 5.74) is 6.23. The third-order valence-corrected chi connectivity index (χ3v) is 8.95. The molecule has 2 atom stereocenters. The Bertz CT molecular complexity index is 1180. The third kappa shape index (κ3) is 2.84. The number of anilines is 4. The number of benzene rings is 2. The summed E-state index contributed by atoms with van der Waals surface area (Å²) in [4.78, 5) is 15.7. The molecule has 3 aromatic rings. The summed E-state index contributed by atoms with van der Waals surface area (Å²) in [6.45, 7) is 14.0. The van der Waals surface area contributed by atoms with Gasteiger partial charge in [0.1, 0.15) is 6.17 Å². The van der Waals surface area contributed by atoms with Crippen molar-refractivity contribution in [1.29, 1.82) is 0 Å². The Kier molecular flexibility index (Phi) is 5.66. The Morgan fingerprint density at radius 2 is 1.26 bits per heavy atom. The second-order valence-electron chi connectivity index (χ2n) is 10.00. The first-order valence-corrected chi connectivity index (χ1v) is 13.1. The van der Waals surface area contributed by atoms with Gasteiger partial charge >= 0.3 is 0 Å². The van der Waals surface area contributed by atoms with Crippen LogP contribution in [0, 0.1) is 5.41 Å². The van der Waals surface area contributed by atoms with Gasteiger partial charge in [-0.3, -0.25) is 0 Å². The zero-order chi connectivity index (χ0) is 24.1. The van der Waals surface area contributed by atoms with Crippen LogP contribution in [0.1, 0.15) is 77.8 Å². The number of nitrogens with zero attached hydrogens (tertiary/aromatic N) is 4. The van der Waals surface area contributed by atoms with Crippen LogP contribution in [0.4, 0.5) is 23.0 Å². The Balaban J connectivity index is 1.89. The van der Waals surface area contributed by atoms with E-state index in [2.05, 4.69) is 106 Å². The molecule has 2 aromatic carbocycles. The van der Waals surface area contributed by atoms with Gasteiger partial charge in [-0.2, -0.15) is 0 Å². The monoisotopic (exact) mass is 454 g/mol. The molecule has 2 unspecified atom stereocenters. The van der Waals surface area contributed by atoms with Crippen molar-refractivity contribution in [2.24, 2.45) is 5.41 Å². The van der Waals surface area contributed by atoms with Crippen LogP contribution < -0.4 is 9.80 Å². The molecule has 0 aliphatic carbocycles. The zero-order valence-electron chi connectivity index (χ0n) is 21.6. The first-order valence-electron chi connectivity index (χ1n) is 13.1. The lowest BCUT2D eigenvalue weighted by Gasteiger charge is -2.59. The molecule has 0 radical (unpaired) electrons. The van der Waals surface area contributed by atoms with E-state index in [1.165, 1.54) is 16.9 Å². The molecule has 0 bridgehead atoms. The van der Waals surface area contributed by atoms with Crippen molar-refractivity contribution in [1.82, 2.24) is 9.97 Å². The Hall–Kier alpha value is -2.88. The predicted molar refractivity (Wildman–Crippen MR) is 142 cm³/mol. The van der Waals surface area contributed by atoms with Gasteiger partial charge in [0.05, 0.1) is 11.4 Å². The van der Waals surface area contributed by atoms with Crippen LogP contribution in [-0.2, 0) is 18.3 Å². The Morgan fingerprint density at radius 3 is 1.82 bits per heavy atom. The van der Waals surface area contributed by atoms with E-state index in [1.807, 2.05) is 0 Å². The first kappa shape index (κ1) is 22.9. The average Bonchev–Trinajstić information content (AvgIpc) is 3.24. The summed E-state index contributed by atoms with van der Waals surface area (Å²) >= 11 is 0. The molecule has 2 aliphatic rings. The molecule has 1 aromatic heterocycles. The molecule has 178 valence electrons. The van der Waals surface area contributed by atoms with Gasteiger partial charge in [-0.25, -0.2) is 9.97 Å². The summed E-state index contributed by atoms with van der Waals surface area (Å²) in [6, 6.07) is 19.9. The fourth-order valence-electron chi connectivity index (χ4n) is 6.99. The summed E-state index contributed by atoms with van der Waals surface area (Å²) in [5, 5.41) is 0. The van der Waals surface area contributed by atoms with E-state index < -0.39 is 0 Å². The minimum absolute atomic E-state index is 0.0121. The third-order valence-electron chi connectivity index (χ3n) is 8.95. The average molecular weight is 455 g/mol. The largest absolute Gasteiger partial charge is 0.301 e. The van der Waals surface area contributed by atoms with Crippen LogP contribution in [0.2, 0.25) is 0 Å². The van der Waals surface area contributed by atoms with E-state index in [0.29, 0.717) is 0 Å². The van der Waals surface area contributed by atoms with Gasteiger partial charge in [0.25, 0.3) is 0 Å². The molecule has 0 saturated carbocycles. The SMILES string of the molecule is CCc1nc2c(nc1CC)N1c3ccccc3C(CC)(CC)C(C)(CC)C1N2c1ccccc1. The van der Waals surface area contributed by atoms with E-state index in [-0.39, 0.29) is 17.0 Å². The van der Waals surface area contributed by atoms with E-state index in [0.717, 1.165) is 55.1 Å². The number of aromatic nitrogens is 2. The minimum Gasteiger partial charge on any atom is -0.301 e. The Morgan fingerprint density at radius 1 is 0.706 bits per heavy atom. The molecule has 4 heteroatoms. The highest BCUT2D eigenvalue weighted by atomic mass is 15.5. The van der Waals surface area contributed by atoms with Crippen LogP contribution in [0.25, 0.3) is 0 Å². The van der Waals surface area contributed by atoms with E-state index in [4.69, 9.17) is 9.97 Å². The molecule has 2 aliphatic heterocycles. The number of hydrogen-bond donors (Lipinski definition) is 0.